The highest BCUT2D eigenvalue weighted by atomic mass is 32.2. The lowest BCUT2D eigenvalue weighted by Gasteiger charge is -2.35. The van der Waals surface area contributed by atoms with Crippen molar-refractivity contribution >= 4 is 28.7 Å². The van der Waals surface area contributed by atoms with Crippen molar-refractivity contribution in [1.29, 1.82) is 0 Å². The Kier molecular flexibility index (Phi) is 5.47. The first-order valence-corrected chi connectivity index (χ1v) is 10.6. The first-order valence-electron chi connectivity index (χ1n) is 9.63. The Labute approximate surface area is 167 Å². The van der Waals surface area contributed by atoms with Crippen molar-refractivity contribution in [3.8, 4) is 5.69 Å². The summed E-state index contributed by atoms with van der Waals surface area (Å²) >= 11 is 1.27. The first-order chi connectivity index (χ1) is 13.7. The summed E-state index contributed by atoms with van der Waals surface area (Å²) < 4.78 is 1.65. The van der Waals surface area contributed by atoms with Gasteiger partial charge in [0.2, 0.25) is 5.91 Å². The Hall–Kier alpha value is -2.61. The number of nitrogens with zero attached hydrogens (tertiary/aromatic N) is 4. The van der Waals surface area contributed by atoms with Crippen LogP contribution < -0.4 is 5.56 Å². The van der Waals surface area contributed by atoms with E-state index in [1.165, 1.54) is 24.4 Å². The van der Waals surface area contributed by atoms with Gasteiger partial charge in [-0.25, -0.2) is 9.67 Å². The smallest absolute Gasteiger partial charge is 0.262 e. The van der Waals surface area contributed by atoms with Crippen molar-refractivity contribution in [2.75, 3.05) is 12.3 Å². The second-order valence-electron chi connectivity index (χ2n) is 6.93. The number of likely N-dealkylation sites (tertiary alicyclic amines) is 1. The highest BCUT2D eigenvalue weighted by Crippen LogP contribution is 2.22. The number of para-hydroxylation sites is 1. The summed E-state index contributed by atoms with van der Waals surface area (Å²) in [4.78, 5) is 34.5. The quantitative estimate of drug-likeness (QED) is 0.529. The SMILES string of the molecule is CCC1CCCCN1C(=O)CSc1nc2c(cnn2-c2ccccc2)c(=O)[nH]1. The summed E-state index contributed by atoms with van der Waals surface area (Å²) in [6, 6.07) is 9.89. The lowest BCUT2D eigenvalue weighted by molar-refractivity contribution is -0.132. The maximum absolute atomic E-state index is 12.7. The molecule has 8 heteroatoms. The molecule has 1 saturated heterocycles. The van der Waals surface area contributed by atoms with Crippen molar-refractivity contribution in [3.05, 3.63) is 46.9 Å². The van der Waals surface area contributed by atoms with E-state index in [1.54, 1.807) is 4.68 Å². The number of rotatable bonds is 5. The van der Waals surface area contributed by atoms with Crippen molar-refractivity contribution in [1.82, 2.24) is 24.6 Å². The largest absolute Gasteiger partial charge is 0.339 e. The zero-order chi connectivity index (χ0) is 19.5. The fourth-order valence-electron chi connectivity index (χ4n) is 3.69. The zero-order valence-corrected chi connectivity index (χ0v) is 16.6. The maximum atomic E-state index is 12.7. The Balaban J connectivity index is 1.56. The number of fused-ring (bicyclic) bond motifs is 1. The molecule has 1 N–H and O–H groups in total. The molecule has 1 fully saturated rings. The van der Waals surface area contributed by atoms with Crippen LogP contribution in [0.15, 0.2) is 46.5 Å². The molecule has 0 spiro atoms. The molecule has 146 valence electrons. The molecule has 0 bridgehead atoms. The van der Waals surface area contributed by atoms with Gasteiger partial charge in [0, 0.05) is 12.6 Å². The third-order valence-corrected chi connectivity index (χ3v) is 6.03. The fraction of sp³-hybridized carbons (Fsp3) is 0.400. The van der Waals surface area contributed by atoms with Crippen LogP contribution in [-0.4, -0.2) is 48.9 Å². The van der Waals surface area contributed by atoms with Gasteiger partial charge in [-0.05, 0) is 37.8 Å². The second-order valence-corrected chi connectivity index (χ2v) is 7.90. The number of aromatic amines is 1. The molecular formula is C20H23N5O2S. The van der Waals surface area contributed by atoms with E-state index < -0.39 is 0 Å². The molecule has 0 saturated carbocycles. The van der Waals surface area contributed by atoms with Gasteiger partial charge in [-0.2, -0.15) is 5.10 Å². The van der Waals surface area contributed by atoms with Crippen molar-refractivity contribution in [2.45, 2.75) is 43.8 Å². The lowest BCUT2D eigenvalue weighted by Crippen LogP contribution is -2.44. The second kappa shape index (κ2) is 8.18. The molecule has 1 amide bonds. The van der Waals surface area contributed by atoms with Crippen LogP contribution in [0, 0.1) is 0 Å². The van der Waals surface area contributed by atoms with Gasteiger partial charge >= 0.3 is 0 Å². The van der Waals surface area contributed by atoms with Gasteiger partial charge in [0.05, 0.1) is 17.6 Å². The van der Waals surface area contributed by atoms with E-state index in [9.17, 15) is 9.59 Å². The van der Waals surface area contributed by atoms with Crippen LogP contribution in [-0.2, 0) is 4.79 Å². The first kappa shape index (κ1) is 18.7. The van der Waals surface area contributed by atoms with E-state index in [-0.39, 0.29) is 17.2 Å². The van der Waals surface area contributed by atoms with Gasteiger partial charge in [0.25, 0.3) is 5.56 Å². The lowest BCUT2D eigenvalue weighted by atomic mass is 10.0. The van der Waals surface area contributed by atoms with Gasteiger partial charge in [0.1, 0.15) is 5.39 Å². The highest BCUT2D eigenvalue weighted by Gasteiger charge is 2.25. The molecule has 2 aromatic heterocycles. The molecular weight excluding hydrogens is 374 g/mol. The number of benzene rings is 1. The average molecular weight is 398 g/mol. The van der Waals surface area contributed by atoms with Crippen LogP contribution in [0.3, 0.4) is 0 Å². The summed E-state index contributed by atoms with van der Waals surface area (Å²) in [7, 11) is 0. The number of aromatic nitrogens is 4. The average Bonchev–Trinajstić information content (AvgIpc) is 3.17. The van der Waals surface area contributed by atoms with Gasteiger partial charge in [-0.3, -0.25) is 9.59 Å². The summed E-state index contributed by atoms with van der Waals surface area (Å²) in [5.74, 6) is 0.376. The molecule has 1 aromatic carbocycles. The Morgan fingerprint density at radius 2 is 2.11 bits per heavy atom. The fourth-order valence-corrected chi connectivity index (χ4v) is 4.43. The maximum Gasteiger partial charge on any atom is 0.262 e. The van der Waals surface area contributed by atoms with Crippen LogP contribution in [0.4, 0.5) is 0 Å². The molecule has 3 heterocycles. The summed E-state index contributed by atoms with van der Waals surface area (Å²) in [6.45, 7) is 2.95. The van der Waals surface area contributed by atoms with Crippen molar-refractivity contribution in [2.24, 2.45) is 0 Å². The summed E-state index contributed by atoms with van der Waals surface area (Å²) in [5.41, 5.74) is 1.09. The van der Waals surface area contributed by atoms with Gasteiger partial charge in [-0.1, -0.05) is 36.9 Å². The number of amides is 1. The minimum absolute atomic E-state index is 0.107. The van der Waals surface area contributed by atoms with E-state index in [0.29, 0.717) is 22.2 Å². The highest BCUT2D eigenvalue weighted by molar-refractivity contribution is 7.99. The van der Waals surface area contributed by atoms with Gasteiger partial charge in [0.15, 0.2) is 10.8 Å². The molecule has 1 aliphatic rings. The van der Waals surface area contributed by atoms with E-state index in [4.69, 9.17) is 0 Å². The zero-order valence-electron chi connectivity index (χ0n) is 15.8. The van der Waals surface area contributed by atoms with Crippen molar-refractivity contribution in [3.63, 3.8) is 0 Å². The topological polar surface area (TPSA) is 83.9 Å². The predicted molar refractivity (Wildman–Crippen MR) is 110 cm³/mol. The van der Waals surface area contributed by atoms with E-state index >= 15 is 0 Å². The minimum atomic E-state index is -0.244. The molecule has 7 nitrogen and oxygen atoms in total. The number of H-pyrrole nitrogens is 1. The molecule has 3 aromatic rings. The van der Waals surface area contributed by atoms with Crippen LogP contribution in [0.25, 0.3) is 16.7 Å². The number of carbonyl (C=O) groups excluding carboxylic acids is 1. The minimum Gasteiger partial charge on any atom is -0.339 e. The Bertz CT molecular complexity index is 1030. The molecule has 28 heavy (non-hydrogen) atoms. The van der Waals surface area contributed by atoms with Crippen LogP contribution in [0.2, 0.25) is 0 Å². The van der Waals surface area contributed by atoms with Crippen molar-refractivity contribution < 1.29 is 4.79 Å². The molecule has 1 unspecified atom stereocenters. The van der Waals surface area contributed by atoms with Gasteiger partial charge in [-0.15, -0.1) is 0 Å². The Morgan fingerprint density at radius 3 is 2.89 bits per heavy atom. The normalized spacial score (nSPS) is 17.2. The molecule has 1 aliphatic heterocycles. The summed E-state index contributed by atoms with van der Waals surface area (Å²) in [6.07, 6.45) is 5.82. The molecule has 0 aliphatic carbocycles. The standard InChI is InChI=1S/C20H23N5O2S/c1-2-14-8-6-7-11-24(14)17(26)13-28-20-22-18-16(19(27)23-20)12-21-25(18)15-9-4-3-5-10-15/h3-5,9-10,12,14H,2,6-8,11,13H2,1H3,(H,22,23,27). The van der Waals surface area contributed by atoms with E-state index in [1.807, 2.05) is 35.2 Å². The van der Waals surface area contributed by atoms with E-state index in [0.717, 1.165) is 31.5 Å². The van der Waals surface area contributed by atoms with E-state index in [2.05, 4.69) is 22.0 Å². The predicted octanol–water partition coefficient (Wildman–Crippen LogP) is 2.99. The Morgan fingerprint density at radius 1 is 1.29 bits per heavy atom. The number of thioether (sulfide) groups is 1. The number of hydrogen-bond acceptors (Lipinski definition) is 5. The molecule has 0 radical (unpaired) electrons. The number of piperidine rings is 1. The third-order valence-electron chi connectivity index (χ3n) is 5.17. The van der Waals surface area contributed by atoms with Crippen LogP contribution in [0.1, 0.15) is 32.6 Å². The summed E-state index contributed by atoms with van der Waals surface area (Å²) in [5, 5.41) is 5.18. The number of hydrogen-bond donors (Lipinski definition) is 1. The monoisotopic (exact) mass is 397 g/mol. The third kappa shape index (κ3) is 3.69. The molecule has 4 rings (SSSR count). The van der Waals surface area contributed by atoms with Crippen LogP contribution in [0.5, 0.6) is 0 Å². The number of nitrogens with one attached hydrogen (secondary N) is 1. The molecule has 1 atom stereocenters. The van der Waals surface area contributed by atoms with Crippen LogP contribution >= 0.6 is 11.8 Å². The van der Waals surface area contributed by atoms with Gasteiger partial charge < -0.3 is 9.88 Å². The number of carbonyl (C=O) groups is 1.